The summed E-state index contributed by atoms with van der Waals surface area (Å²) >= 11 is 5.89. The van der Waals surface area contributed by atoms with E-state index >= 15 is 0 Å². The molecule has 1 aromatic rings. The maximum Gasteiger partial charge on any atom is 0.142 e. The minimum Gasteiger partial charge on any atom is -0.489 e. The fourth-order valence-electron chi connectivity index (χ4n) is 1.42. The predicted octanol–water partition coefficient (Wildman–Crippen LogP) is 1.09. The number of nitrogens with two attached hydrogens (primary N) is 1. The lowest BCUT2D eigenvalue weighted by molar-refractivity contribution is 0.0679. The Morgan fingerprint density at radius 3 is 3.08 bits per heavy atom. The minimum atomic E-state index is -0.647. The largest absolute Gasteiger partial charge is 0.489 e. The van der Waals surface area contributed by atoms with E-state index in [1.54, 1.807) is 12.1 Å². The van der Waals surface area contributed by atoms with Crippen molar-refractivity contribution in [1.82, 2.24) is 0 Å². The number of halogens is 1. The van der Waals surface area contributed by atoms with Gasteiger partial charge in [-0.05, 0) is 6.07 Å². The maximum atomic E-state index is 9.42. The lowest BCUT2D eigenvalue weighted by atomic mass is 9.99. The Morgan fingerprint density at radius 1 is 1.54 bits per heavy atom. The van der Waals surface area contributed by atoms with Crippen LogP contribution >= 0.6 is 11.6 Å². The molecule has 2 rings (SSSR count). The molecule has 0 fully saturated rings. The van der Waals surface area contributed by atoms with Gasteiger partial charge in [0.15, 0.2) is 0 Å². The lowest BCUT2D eigenvalue weighted by Crippen LogP contribution is -2.35. The normalized spacial score (nSPS) is 26.4. The molecule has 0 spiro atoms. The van der Waals surface area contributed by atoms with Crippen molar-refractivity contribution in [1.29, 1.82) is 0 Å². The summed E-state index contributed by atoms with van der Waals surface area (Å²) in [5, 5.41) is 9.96. The Balaban J connectivity index is 2.49. The fraction of sp³-hybridized carbons (Fsp3) is 0.333. The summed E-state index contributed by atoms with van der Waals surface area (Å²) in [4.78, 5) is 0. The van der Waals surface area contributed by atoms with E-state index in [0.717, 1.165) is 5.56 Å². The molecule has 1 aromatic carbocycles. The summed E-state index contributed by atoms with van der Waals surface area (Å²) in [6.45, 7) is 0.206. The summed E-state index contributed by atoms with van der Waals surface area (Å²) in [6, 6.07) is 4.95. The molecule has 0 amide bonds. The molecule has 3 N–H and O–H groups in total. The molecule has 0 unspecified atom stereocenters. The van der Waals surface area contributed by atoms with Crippen LogP contribution in [0.15, 0.2) is 18.2 Å². The number of ether oxygens (including phenoxy) is 1. The highest BCUT2D eigenvalue weighted by atomic mass is 35.5. The highest BCUT2D eigenvalue weighted by Gasteiger charge is 2.27. The Kier molecular flexibility index (Phi) is 2.15. The highest BCUT2D eigenvalue weighted by molar-refractivity contribution is 6.32. The van der Waals surface area contributed by atoms with Gasteiger partial charge < -0.3 is 15.6 Å². The van der Waals surface area contributed by atoms with E-state index in [9.17, 15) is 5.11 Å². The molecule has 2 atom stereocenters. The average molecular weight is 200 g/mol. The van der Waals surface area contributed by atoms with E-state index in [0.29, 0.717) is 10.8 Å². The summed E-state index contributed by atoms with van der Waals surface area (Å²) < 4.78 is 5.27. The van der Waals surface area contributed by atoms with Gasteiger partial charge in [0.2, 0.25) is 0 Å². The van der Waals surface area contributed by atoms with Gasteiger partial charge in [0, 0.05) is 5.56 Å². The first-order valence-corrected chi connectivity index (χ1v) is 4.43. The third-order valence-electron chi connectivity index (χ3n) is 2.17. The molecule has 70 valence electrons. The van der Waals surface area contributed by atoms with Crippen molar-refractivity contribution in [3.63, 3.8) is 0 Å². The molecule has 0 aromatic heterocycles. The van der Waals surface area contributed by atoms with Gasteiger partial charge in [-0.25, -0.2) is 0 Å². The summed E-state index contributed by atoms with van der Waals surface area (Å²) in [6.07, 6.45) is -0.647. The molecular formula is C9H10ClNO2. The van der Waals surface area contributed by atoms with E-state index in [-0.39, 0.29) is 6.61 Å². The SMILES string of the molecule is N[C@@H]1c2cccc(Cl)c2OC[C@@H]1O. The second-order valence-corrected chi connectivity index (χ2v) is 3.47. The summed E-state index contributed by atoms with van der Waals surface area (Å²) in [5.74, 6) is 0.599. The van der Waals surface area contributed by atoms with Gasteiger partial charge in [-0.15, -0.1) is 0 Å². The Morgan fingerprint density at radius 2 is 2.31 bits per heavy atom. The molecule has 1 aliphatic rings. The van der Waals surface area contributed by atoms with Crippen LogP contribution < -0.4 is 10.5 Å². The predicted molar refractivity (Wildman–Crippen MR) is 49.9 cm³/mol. The molecule has 13 heavy (non-hydrogen) atoms. The highest BCUT2D eigenvalue weighted by Crippen LogP contribution is 2.36. The van der Waals surface area contributed by atoms with Gasteiger partial charge in [-0.3, -0.25) is 0 Å². The first-order valence-electron chi connectivity index (χ1n) is 4.05. The van der Waals surface area contributed by atoms with E-state index in [2.05, 4.69) is 0 Å². The average Bonchev–Trinajstić information content (AvgIpc) is 2.12. The van der Waals surface area contributed by atoms with Gasteiger partial charge >= 0.3 is 0 Å². The van der Waals surface area contributed by atoms with Crippen LogP contribution in [0.4, 0.5) is 0 Å². The van der Waals surface area contributed by atoms with Crippen molar-refractivity contribution in [2.75, 3.05) is 6.61 Å². The van der Waals surface area contributed by atoms with E-state index < -0.39 is 12.1 Å². The number of aliphatic hydroxyl groups is 1. The number of hydrogen-bond donors (Lipinski definition) is 2. The molecule has 4 heteroatoms. The van der Waals surface area contributed by atoms with E-state index in [1.807, 2.05) is 6.07 Å². The fourth-order valence-corrected chi connectivity index (χ4v) is 1.66. The van der Waals surface area contributed by atoms with Crippen LogP contribution in [0.3, 0.4) is 0 Å². The quantitative estimate of drug-likeness (QED) is 0.658. The van der Waals surface area contributed by atoms with Crippen molar-refractivity contribution in [3.8, 4) is 5.75 Å². The van der Waals surface area contributed by atoms with Crippen LogP contribution in [0, 0.1) is 0 Å². The molecule has 0 saturated carbocycles. The van der Waals surface area contributed by atoms with Crippen LogP contribution in [0.2, 0.25) is 5.02 Å². The van der Waals surface area contributed by atoms with Gasteiger partial charge in [-0.1, -0.05) is 23.7 Å². The Bertz CT molecular complexity index is 329. The number of fused-ring (bicyclic) bond motifs is 1. The zero-order chi connectivity index (χ0) is 9.42. The molecule has 1 heterocycles. The van der Waals surface area contributed by atoms with Crippen LogP contribution in [0.5, 0.6) is 5.75 Å². The van der Waals surface area contributed by atoms with Crippen molar-refractivity contribution in [2.45, 2.75) is 12.1 Å². The van der Waals surface area contributed by atoms with Gasteiger partial charge in [0.1, 0.15) is 18.5 Å². The molecule has 0 bridgehead atoms. The molecule has 3 nitrogen and oxygen atoms in total. The van der Waals surface area contributed by atoms with Gasteiger partial charge in [-0.2, -0.15) is 0 Å². The monoisotopic (exact) mass is 199 g/mol. The third kappa shape index (κ3) is 1.39. The molecule has 0 saturated heterocycles. The second kappa shape index (κ2) is 3.18. The smallest absolute Gasteiger partial charge is 0.142 e. The van der Waals surface area contributed by atoms with Crippen molar-refractivity contribution < 1.29 is 9.84 Å². The zero-order valence-corrected chi connectivity index (χ0v) is 7.66. The number of benzene rings is 1. The third-order valence-corrected chi connectivity index (χ3v) is 2.47. The van der Waals surface area contributed by atoms with Crippen LogP contribution in [-0.4, -0.2) is 17.8 Å². The first kappa shape index (κ1) is 8.81. The number of hydrogen-bond acceptors (Lipinski definition) is 3. The van der Waals surface area contributed by atoms with Crippen molar-refractivity contribution in [3.05, 3.63) is 28.8 Å². The van der Waals surface area contributed by atoms with Crippen LogP contribution in [-0.2, 0) is 0 Å². The van der Waals surface area contributed by atoms with E-state index in [4.69, 9.17) is 22.1 Å². The Hall–Kier alpha value is -0.770. The maximum absolute atomic E-state index is 9.42. The van der Waals surface area contributed by atoms with Crippen LogP contribution in [0.1, 0.15) is 11.6 Å². The second-order valence-electron chi connectivity index (χ2n) is 3.06. The summed E-state index contributed by atoms with van der Waals surface area (Å²) in [7, 11) is 0. The number of rotatable bonds is 0. The summed E-state index contributed by atoms with van der Waals surface area (Å²) in [5.41, 5.74) is 6.54. The number of para-hydroxylation sites is 1. The lowest BCUT2D eigenvalue weighted by Gasteiger charge is -2.28. The van der Waals surface area contributed by atoms with Gasteiger partial charge in [0.25, 0.3) is 0 Å². The van der Waals surface area contributed by atoms with Crippen molar-refractivity contribution >= 4 is 11.6 Å². The zero-order valence-electron chi connectivity index (χ0n) is 6.90. The topological polar surface area (TPSA) is 55.5 Å². The van der Waals surface area contributed by atoms with E-state index in [1.165, 1.54) is 0 Å². The molecular weight excluding hydrogens is 190 g/mol. The minimum absolute atomic E-state index is 0.206. The Labute approximate surface area is 81.1 Å². The molecule has 0 aliphatic carbocycles. The molecule has 0 radical (unpaired) electrons. The van der Waals surface area contributed by atoms with Crippen LogP contribution in [0.25, 0.3) is 0 Å². The first-order chi connectivity index (χ1) is 6.20. The number of aliphatic hydroxyl groups excluding tert-OH is 1. The van der Waals surface area contributed by atoms with Gasteiger partial charge in [0.05, 0.1) is 11.1 Å². The molecule has 1 aliphatic heterocycles. The van der Waals surface area contributed by atoms with Crippen molar-refractivity contribution in [2.24, 2.45) is 5.73 Å². The standard InChI is InChI=1S/C9H10ClNO2/c10-6-3-1-2-5-8(11)7(12)4-13-9(5)6/h1-3,7-8,12H,4,11H2/t7-,8+/m0/s1.